The summed E-state index contributed by atoms with van der Waals surface area (Å²) in [6.07, 6.45) is 3.33. The van der Waals surface area contributed by atoms with Crippen LogP contribution in [0.2, 0.25) is 0 Å². The molecule has 0 radical (unpaired) electrons. The van der Waals surface area contributed by atoms with Crippen molar-refractivity contribution in [2.75, 3.05) is 0 Å². The van der Waals surface area contributed by atoms with Crippen molar-refractivity contribution in [2.24, 2.45) is 5.73 Å². The normalized spacial score (nSPS) is 12.4. The Morgan fingerprint density at radius 2 is 2.29 bits per heavy atom. The molecule has 76 valence electrons. The lowest BCUT2D eigenvalue weighted by molar-refractivity contribution is 0.466. The standard InChI is InChI=1S/C12H17NO/c1-3-6-11(13)10-7-5-8-12(14)9(10)4-2/h3,5,7-8,11,14H,1,4,6,13H2,2H3/t11-/m1/s1. The molecule has 0 saturated carbocycles. The Labute approximate surface area is 85.1 Å². The van der Waals surface area contributed by atoms with Gasteiger partial charge in [-0.1, -0.05) is 25.1 Å². The average molecular weight is 191 g/mol. The van der Waals surface area contributed by atoms with Gasteiger partial charge in [-0.2, -0.15) is 0 Å². The van der Waals surface area contributed by atoms with Crippen LogP contribution in [0.4, 0.5) is 0 Å². The number of rotatable bonds is 4. The van der Waals surface area contributed by atoms with Crippen LogP contribution < -0.4 is 5.73 Å². The summed E-state index contributed by atoms with van der Waals surface area (Å²) in [5.41, 5.74) is 7.94. The van der Waals surface area contributed by atoms with Gasteiger partial charge in [0, 0.05) is 6.04 Å². The smallest absolute Gasteiger partial charge is 0.119 e. The maximum Gasteiger partial charge on any atom is 0.119 e. The van der Waals surface area contributed by atoms with E-state index in [2.05, 4.69) is 6.58 Å². The van der Waals surface area contributed by atoms with Gasteiger partial charge in [0.15, 0.2) is 0 Å². The highest BCUT2D eigenvalue weighted by atomic mass is 16.3. The lowest BCUT2D eigenvalue weighted by atomic mass is 9.96. The van der Waals surface area contributed by atoms with E-state index in [0.717, 1.165) is 24.0 Å². The number of hydrogen-bond donors (Lipinski definition) is 2. The van der Waals surface area contributed by atoms with Crippen molar-refractivity contribution in [1.82, 2.24) is 0 Å². The largest absolute Gasteiger partial charge is 0.508 e. The molecular weight excluding hydrogens is 174 g/mol. The first kappa shape index (κ1) is 10.8. The SMILES string of the molecule is C=CC[C@@H](N)c1cccc(O)c1CC. The van der Waals surface area contributed by atoms with Crippen LogP contribution in [0.25, 0.3) is 0 Å². The Hall–Kier alpha value is -1.28. The second-order valence-corrected chi connectivity index (χ2v) is 3.33. The second-order valence-electron chi connectivity index (χ2n) is 3.33. The molecule has 2 nitrogen and oxygen atoms in total. The van der Waals surface area contributed by atoms with Crippen molar-refractivity contribution >= 4 is 0 Å². The molecule has 0 bridgehead atoms. The number of benzene rings is 1. The summed E-state index contributed by atoms with van der Waals surface area (Å²) < 4.78 is 0. The molecule has 0 fully saturated rings. The molecule has 1 aromatic carbocycles. The van der Waals surface area contributed by atoms with Gasteiger partial charge in [0.05, 0.1) is 0 Å². The van der Waals surface area contributed by atoms with Crippen molar-refractivity contribution in [3.8, 4) is 5.75 Å². The van der Waals surface area contributed by atoms with Gasteiger partial charge in [0.25, 0.3) is 0 Å². The highest BCUT2D eigenvalue weighted by Crippen LogP contribution is 2.26. The molecule has 1 aromatic rings. The molecular formula is C12H17NO. The number of phenolic OH excluding ortho intramolecular Hbond substituents is 1. The van der Waals surface area contributed by atoms with E-state index < -0.39 is 0 Å². The van der Waals surface area contributed by atoms with Gasteiger partial charge >= 0.3 is 0 Å². The van der Waals surface area contributed by atoms with Crippen molar-refractivity contribution in [3.05, 3.63) is 42.0 Å². The van der Waals surface area contributed by atoms with Gasteiger partial charge in [-0.25, -0.2) is 0 Å². The van der Waals surface area contributed by atoms with E-state index in [1.54, 1.807) is 12.1 Å². The minimum Gasteiger partial charge on any atom is -0.508 e. The number of phenols is 1. The maximum absolute atomic E-state index is 9.63. The minimum absolute atomic E-state index is 0.0606. The average Bonchev–Trinajstić information content (AvgIpc) is 2.17. The predicted molar refractivity (Wildman–Crippen MR) is 59.2 cm³/mol. The van der Waals surface area contributed by atoms with E-state index in [1.165, 1.54) is 0 Å². The van der Waals surface area contributed by atoms with Crippen LogP contribution in [0.5, 0.6) is 5.75 Å². The van der Waals surface area contributed by atoms with E-state index in [-0.39, 0.29) is 6.04 Å². The zero-order valence-electron chi connectivity index (χ0n) is 8.53. The summed E-state index contributed by atoms with van der Waals surface area (Å²) in [5, 5.41) is 9.63. The Morgan fingerprint density at radius 3 is 2.86 bits per heavy atom. The molecule has 0 unspecified atom stereocenters. The molecule has 2 heteroatoms. The molecule has 3 N–H and O–H groups in total. The third-order valence-corrected chi connectivity index (χ3v) is 2.36. The summed E-state index contributed by atoms with van der Waals surface area (Å²) in [4.78, 5) is 0. The maximum atomic E-state index is 9.63. The van der Waals surface area contributed by atoms with Crippen molar-refractivity contribution in [1.29, 1.82) is 0 Å². The molecule has 0 amide bonds. The summed E-state index contributed by atoms with van der Waals surface area (Å²) in [6.45, 7) is 5.67. The highest BCUT2D eigenvalue weighted by molar-refractivity contribution is 5.41. The fourth-order valence-corrected chi connectivity index (χ4v) is 1.63. The molecule has 0 aliphatic heterocycles. The highest BCUT2D eigenvalue weighted by Gasteiger charge is 2.11. The molecule has 0 aromatic heterocycles. The van der Waals surface area contributed by atoms with Crippen LogP contribution >= 0.6 is 0 Å². The van der Waals surface area contributed by atoms with Crippen molar-refractivity contribution in [2.45, 2.75) is 25.8 Å². The van der Waals surface area contributed by atoms with Gasteiger partial charge in [0.1, 0.15) is 5.75 Å². The lowest BCUT2D eigenvalue weighted by Gasteiger charge is -2.15. The van der Waals surface area contributed by atoms with E-state index in [9.17, 15) is 5.11 Å². The first-order valence-corrected chi connectivity index (χ1v) is 4.88. The topological polar surface area (TPSA) is 46.2 Å². The van der Waals surface area contributed by atoms with Gasteiger partial charge in [-0.3, -0.25) is 0 Å². The monoisotopic (exact) mass is 191 g/mol. The minimum atomic E-state index is -0.0606. The van der Waals surface area contributed by atoms with Crippen LogP contribution in [-0.4, -0.2) is 5.11 Å². The quantitative estimate of drug-likeness (QED) is 0.718. The Morgan fingerprint density at radius 1 is 1.57 bits per heavy atom. The first-order valence-electron chi connectivity index (χ1n) is 4.88. The van der Waals surface area contributed by atoms with Crippen molar-refractivity contribution in [3.63, 3.8) is 0 Å². The molecule has 14 heavy (non-hydrogen) atoms. The van der Waals surface area contributed by atoms with E-state index in [1.807, 2.05) is 19.1 Å². The van der Waals surface area contributed by atoms with Gasteiger partial charge in [-0.15, -0.1) is 6.58 Å². The van der Waals surface area contributed by atoms with Crippen LogP contribution in [-0.2, 0) is 6.42 Å². The molecule has 0 aliphatic carbocycles. The number of aromatic hydroxyl groups is 1. The Balaban J connectivity index is 3.06. The summed E-state index contributed by atoms with van der Waals surface area (Å²) >= 11 is 0. The van der Waals surface area contributed by atoms with Gasteiger partial charge in [0.2, 0.25) is 0 Å². The molecule has 1 atom stereocenters. The van der Waals surface area contributed by atoms with Crippen LogP contribution in [0.3, 0.4) is 0 Å². The second kappa shape index (κ2) is 4.82. The van der Waals surface area contributed by atoms with E-state index >= 15 is 0 Å². The first-order chi connectivity index (χ1) is 6.70. The van der Waals surface area contributed by atoms with Crippen LogP contribution in [0, 0.1) is 0 Å². The zero-order valence-corrected chi connectivity index (χ0v) is 8.53. The fraction of sp³-hybridized carbons (Fsp3) is 0.333. The van der Waals surface area contributed by atoms with Crippen LogP contribution in [0.1, 0.15) is 30.5 Å². The number of nitrogens with two attached hydrogens (primary N) is 1. The molecule has 0 spiro atoms. The zero-order chi connectivity index (χ0) is 10.6. The Bertz CT molecular complexity index is 320. The van der Waals surface area contributed by atoms with Gasteiger partial charge < -0.3 is 10.8 Å². The summed E-state index contributed by atoms with van der Waals surface area (Å²) in [6, 6.07) is 5.43. The lowest BCUT2D eigenvalue weighted by Crippen LogP contribution is -2.11. The van der Waals surface area contributed by atoms with Crippen molar-refractivity contribution < 1.29 is 5.11 Å². The molecule has 0 heterocycles. The third-order valence-electron chi connectivity index (χ3n) is 2.36. The third kappa shape index (κ3) is 2.15. The molecule has 1 rings (SSSR count). The fourth-order valence-electron chi connectivity index (χ4n) is 1.63. The number of hydrogen-bond acceptors (Lipinski definition) is 2. The van der Waals surface area contributed by atoms with Gasteiger partial charge in [-0.05, 0) is 30.0 Å². The summed E-state index contributed by atoms with van der Waals surface area (Å²) in [5.74, 6) is 0.338. The molecule has 0 saturated heterocycles. The summed E-state index contributed by atoms with van der Waals surface area (Å²) in [7, 11) is 0. The predicted octanol–water partition coefficient (Wildman–Crippen LogP) is 2.53. The Kier molecular flexibility index (Phi) is 3.72. The van der Waals surface area contributed by atoms with Crippen LogP contribution in [0.15, 0.2) is 30.9 Å². The molecule has 0 aliphatic rings. The van der Waals surface area contributed by atoms with E-state index in [0.29, 0.717) is 5.75 Å². The van der Waals surface area contributed by atoms with E-state index in [4.69, 9.17) is 5.73 Å².